The van der Waals surface area contributed by atoms with Crippen LogP contribution < -0.4 is 5.73 Å². The number of rotatable bonds is 2. The molecule has 2 aromatic rings. The third-order valence-corrected chi connectivity index (χ3v) is 5.78. The number of thioether (sulfide) groups is 1. The van der Waals surface area contributed by atoms with Gasteiger partial charge in [0.2, 0.25) is 6.41 Å². The molecule has 0 bridgehead atoms. The van der Waals surface area contributed by atoms with Crippen LogP contribution in [0.25, 0.3) is 10.8 Å². The Labute approximate surface area is 172 Å². The number of aliphatic imine (C=N–C) groups is 1. The Morgan fingerprint density at radius 1 is 1.25 bits per heavy atom. The molecule has 0 radical (unpaired) electrons. The molecule has 2 aromatic carbocycles. The highest BCUT2D eigenvalue weighted by Crippen LogP contribution is 2.31. The number of aliphatic hydroxyl groups excluding tert-OH is 1. The minimum atomic E-state index is -0.126. The summed E-state index contributed by atoms with van der Waals surface area (Å²) in [6.45, 7) is 5.92. The first-order chi connectivity index (χ1) is 13.6. The van der Waals surface area contributed by atoms with E-state index in [4.69, 9.17) is 9.79 Å². The number of fused-ring (bicyclic) bond motifs is 2. The largest absolute Gasteiger partial charge is 0.393 e. The maximum Gasteiger partial charge on any atom is 0.204 e. The van der Waals surface area contributed by atoms with E-state index in [0.29, 0.717) is 6.04 Å². The zero-order chi connectivity index (χ0) is 20.4. The molecule has 152 valence electrons. The zero-order valence-corrected chi connectivity index (χ0v) is 17.6. The van der Waals surface area contributed by atoms with Crippen LogP contribution in [0.5, 0.6) is 0 Å². The van der Waals surface area contributed by atoms with Crippen LogP contribution in [-0.2, 0) is 11.3 Å². The number of primary amides is 1. The lowest BCUT2D eigenvalue weighted by Gasteiger charge is -2.33. The third kappa shape index (κ3) is 5.97. The summed E-state index contributed by atoms with van der Waals surface area (Å²) in [5, 5.41) is 13.5. The van der Waals surface area contributed by atoms with E-state index >= 15 is 0 Å². The summed E-state index contributed by atoms with van der Waals surface area (Å²) in [5.74, 6) is 1.06. The fraction of sp³-hybridized carbons (Fsp3) is 0.455. The van der Waals surface area contributed by atoms with Gasteiger partial charge in [-0.05, 0) is 29.2 Å². The minimum absolute atomic E-state index is 0.126. The lowest BCUT2D eigenvalue weighted by molar-refractivity contribution is -0.106. The van der Waals surface area contributed by atoms with Crippen LogP contribution in [0.4, 0.5) is 0 Å². The molecule has 0 saturated carbocycles. The SMILES string of the molecule is CCC.NC=O.OC1CCN2C(=NCc3cccc4ccccc34)SCC2C1. The lowest BCUT2D eigenvalue weighted by atomic mass is 10.0. The number of amides is 1. The third-order valence-electron chi connectivity index (χ3n) is 4.60. The second kappa shape index (κ2) is 11.7. The predicted molar refractivity (Wildman–Crippen MR) is 119 cm³/mol. The highest BCUT2D eigenvalue weighted by Gasteiger charge is 2.35. The van der Waals surface area contributed by atoms with Gasteiger partial charge in [0.05, 0.1) is 12.6 Å². The topological polar surface area (TPSA) is 78.9 Å². The molecule has 2 fully saturated rings. The van der Waals surface area contributed by atoms with E-state index < -0.39 is 0 Å². The van der Waals surface area contributed by atoms with Crippen molar-refractivity contribution < 1.29 is 9.90 Å². The van der Waals surface area contributed by atoms with Crippen molar-refractivity contribution in [2.24, 2.45) is 10.7 Å². The van der Waals surface area contributed by atoms with Gasteiger partial charge in [0, 0.05) is 18.3 Å². The number of piperidine rings is 1. The summed E-state index contributed by atoms with van der Waals surface area (Å²) in [6, 6.07) is 15.4. The van der Waals surface area contributed by atoms with Crippen molar-refractivity contribution in [3.63, 3.8) is 0 Å². The van der Waals surface area contributed by atoms with Crippen molar-refractivity contribution in [1.82, 2.24) is 4.90 Å². The van der Waals surface area contributed by atoms with E-state index in [-0.39, 0.29) is 12.5 Å². The minimum Gasteiger partial charge on any atom is -0.393 e. The molecule has 5 nitrogen and oxygen atoms in total. The quantitative estimate of drug-likeness (QED) is 0.751. The number of nitrogens with zero attached hydrogens (tertiary/aromatic N) is 2. The van der Waals surface area contributed by atoms with Gasteiger partial charge in [-0.25, -0.2) is 0 Å². The van der Waals surface area contributed by atoms with Gasteiger partial charge < -0.3 is 15.7 Å². The molecule has 2 saturated heterocycles. The average Bonchev–Trinajstić information content (AvgIpc) is 3.09. The van der Waals surface area contributed by atoms with Gasteiger partial charge in [0.15, 0.2) is 5.17 Å². The van der Waals surface area contributed by atoms with Gasteiger partial charge in [-0.2, -0.15) is 0 Å². The van der Waals surface area contributed by atoms with Crippen LogP contribution in [-0.4, -0.2) is 46.0 Å². The molecule has 2 aliphatic heterocycles. The number of carbonyl (C=O) groups is 1. The zero-order valence-electron chi connectivity index (χ0n) is 16.8. The number of amidine groups is 1. The molecule has 2 heterocycles. The molecule has 6 heteroatoms. The average molecular weight is 402 g/mol. The van der Waals surface area contributed by atoms with E-state index in [1.54, 1.807) is 0 Å². The number of hydrogen-bond donors (Lipinski definition) is 2. The Balaban J connectivity index is 0.000000418. The smallest absolute Gasteiger partial charge is 0.204 e. The lowest BCUT2D eigenvalue weighted by Crippen LogP contribution is -2.43. The van der Waals surface area contributed by atoms with E-state index in [2.05, 4.69) is 66.9 Å². The Hall–Kier alpha value is -2.05. The first kappa shape index (κ1) is 22.2. The summed E-state index contributed by atoms with van der Waals surface area (Å²) in [4.78, 5) is 15.9. The summed E-state index contributed by atoms with van der Waals surface area (Å²) < 4.78 is 0. The summed E-state index contributed by atoms with van der Waals surface area (Å²) in [5.41, 5.74) is 5.45. The van der Waals surface area contributed by atoms with Crippen LogP contribution >= 0.6 is 11.8 Å². The van der Waals surface area contributed by atoms with Crippen LogP contribution in [0, 0.1) is 0 Å². The monoisotopic (exact) mass is 401 g/mol. The van der Waals surface area contributed by atoms with E-state index in [1.165, 1.54) is 22.8 Å². The van der Waals surface area contributed by atoms with Crippen molar-refractivity contribution in [1.29, 1.82) is 0 Å². The summed E-state index contributed by atoms with van der Waals surface area (Å²) >= 11 is 1.84. The number of nitrogens with two attached hydrogens (primary N) is 1. The van der Waals surface area contributed by atoms with Gasteiger partial charge in [-0.1, -0.05) is 74.5 Å². The van der Waals surface area contributed by atoms with Gasteiger partial charge in [0.1, 0.15) is 0 Å². The molecule has 4 rings (SSSR count). The number of carbonyl (C=O) groups excluding carboxylic acids is 1. The highest BCUT2D eigenvalue weighted by atomic mass is 32.2. The highest BCUT2D eigenvalue weighted by molar-refractivity contribution is 8.14. The molecule has 2 atom stereocenters. The van der Waals surface area contributed by atoms with E-state index in [1.807, 2.05) is 11.8 Å². The van der Waals surface area contributed by atoms with Crippen molar-refractivity contribution >= 4 is 34.1 Å². The van der Waals surface area contributed by atoms with Crippen LogP contribution in [0.2, 0.25) is 0 Å². The summed E-state index contributed by atoms with van der Waals surface area (Å²) in [7, 11) is 0. The first-order valence-electron chi connectivity index (χ1n) is 9.88. The van der Waals surface area contributed by atoms with Crippen LogP contribution in [0.1, 0.15) is 38.7 Å². The van der Waals surface area contributed by atoms with Gasteiger partial charge in [-0.3, -0.25) is 9.79 Å². The van der Waals surface area contributed by atoms with Crippen molar-refractivity contribution in [2.75, 3.05) is 12.3 Å². The normalized spacial score (nSPS) is 22.0. The molecule has 0 aliphatic carbocycles. The van der Waals surface area contributed by atoms with E-state index in [0.717, 1.165) is 36.9 Å². The molecule has 0 aromatic heterocycles. The van der Waals surface area contributed by atoms with Crippen molar-refractivity contribution in [3.05, 3.63) is 48.0 Å². The van der Waals surface area contributed by atoms with E-state index in [9.17, 15) is 5.11 Å². The fourth-order valence-electron chi connectivity index (χ4n) is 3.41. The second-order valence-electron chi connectivity index (χ2n) is 6.92. The van der Waals surface area contributed by atoms with Crippen LogP contribution in [0.15, 0.2) is 47.5 Å². The number of aliphatic hydroxyl groups is 1. The maximum absolute atomic E-state index is 9.79. The van der Waals surface area contributed by atoms with Crippen molar-refractivity contribution in [2.45, 2.75) is 51.8 Å². The molecule has 1 amide bonds. The Kier molecular flexibility index (Phi) is 9.31. The molecule has 2 unspecified atom stereocenters. The molecular formula is C22H31N3O2S. The van der Waals surface area contributed by atoms with Crippen molar-refractivity contribution in [3.8, 4) is 0 Å². The van der Waals surface area contributed by atoms with Gasteiger partial charge in [0.25, 0.3) is 0 Å². The molecule has 28 heavy (non-hydrogen) atoms. The second-order valence-corrected chi connectivity index (χ2v) is 7.90. The molecule has 3 N–H and O–H groups in total. The standard InChI is InChI=1S/C18H20N2OS.C3H8.CH3NO/c21-16-8-9-20-15(10-16)12-22-18(20)19-11-14-6-3-5-13-4-1-2-7-17(13)14;1-3-2;2-1-3/h1-7,15-16,21H,8-12H2;3H2,1-2H3;1H,(H2,2,3). The fourth-order valence-corrected chi connectivity index (χ4v) is 4.63. The molecule has 2 aliphatic rings. The van der Waals surface area contributed by atoms with Crippen LogP contribution in [0.3, 0.4) is 0 Å². The maximum atomic E-state index is 9.79. The molecule has 0 spiro atoms. The first-order valence-corrected chi connectivity index (χ1v) is 10.9. The van der Waals surface area contributed by atoms with Gasteiger partial charge >= 0.3 is 0 Å². The van der Waals surface area contributed by atoms with Gasteiger partial charge in [-0.15, -0.1) is 0 Å². The molecular weight excluding hydrogens is 370 g/mol. The Morgan fingerprint density at radius 2 is 1.93 bits per heavy atom. The predicted octanol–water partition coefficient (Wildman–Crippen LogP) is 3.79. The number of benzene rings is 2. The Morgan fingerprint density at radius 3 is 2.68 bits per heavy atom. The number of hydrogen-bond acceptors (Lipinski definition) is 4. The summed E-state index contributed by atoms with van der Waals surface area (Å²) in [6.07, 6.45) is 3.13. The Bertz CT molecular complexity index is 776.